The second-order valence-electron chi connectivity index (χ2n) is 4.33. The number of halogens is 1. The Hall–Kier alpha value is -0.870. The van der Waals surface area contributed by atoms with E-state index in [-0.39, 0.29) is 18.3 Å². The molecule has 5 heteroatoms. The normalized spacial score (nSPS) is 15.7. The molecule has 0 bridgehead atoms. The summed E-state index contributed by atoms with van der Waals surface area (Å²) in [7, 11) is 0. The lowest BCUT2D eigenvalue weighted by Gasteiger charge is -2.21. The number of carbonyl (C=O) groups is 1. The van der Waals surface area contributed by atoms with Crippen LogP contribution < -0.4 is 5.73 Å². The fourth-order valence-corrected chi connectivity index (χ4v) is 2.88. The first-order chi connectivity index (χ1) is 8.18. The van der Waals surface area contributed by atoms with E-state index >= 15 is 0 Å². The highest BCUT2D eigenvalue weighted by atomic mass is 35.5. The SMILES string of the molecule is Cc1ccc(N)cc1C(=O)N1CCCSCC1.Cl. The molecule has 2 N–H and O–H groups in total. The number of benzene rings is 1. The largest absolute Gasteiger partial charge is 0.399 e. The predicted molar refractivity (Wildman–Crippen MR) is 80.7 cm³/mol. The van der Waals surface area contributed by atoms with Gasteiger partial charge in [0.1, 0.15) is 0 Å². The lowest BCUT2D eigenvalue weighted by atomic mass is 10.1. The first kappa shape index (κ1) is 15.2. The first-order valence-electron chi connectivity index (χ1n) is 5.91. The standard InChI is InChI=1S/C13H18N2OS.ClH/c1-10-3-4-11(14)9-12(10)13(16)15-5-2-7-17-8-6-15;/h3-4,9H,2,5-8,14H2,1H3;1H. The minimum absolute atomic E-state index is 0. The molecule has 0 unspecified atom stereocenters. The molecule has 1 aliphatic rings. The van der Waals surface area contributed by atoms with Gasteiger partial charge in [-0.2, -0.15) is 11.8 Å². The van der Waals surface area contributed by atoms with Gasteiger partial charge < -0.3 is 10.6 Å². The fourth-order valence-electron chi connectivity index (χ4n) is 1.99. The van der Waals surface area contributed by atoms with Crippen LogP contribution in [0.4, 0.5) is 5.69 Å². The molecule has 0 aromatic heterocycles. The minimum Gasteiger partial charge on any atom is -0.399 e. The zero-order valence-electron chi connectivity index (χ0n) is 10.5. The maximum Gasteiger partial charge on any atom is 0.254 e. The zero-order chi connectivity index (χ0) is 12.3. The fraction of sp³-hybridized carbons (Fsp3) is 0.462. The predicted octanol–water partition coefficient (Wildman–Crippen LogP) is 2.58. The van der Waals surface area contributed by atoms with Crippen LogP contribution in [0.15, 0.2) is 18.2 Å². The Morgan fingerprint density at radius 1 is 1.33 bits per heavy atom. The third-order valence-corrected chi connectivity index (χ3v) is 4.05. The average Bonchev–Trinajstić information content (AvgIpc) is 2.60. The lowest BCUT2D eigenvalue weighted by molar-refractivity contribution is 0.0768. The van der Waals surface area contributed by atoms with Crippen LogP contribution in [0.1, 0.15) is 22.3 Å². The Labute approximate surface area is 119 Å². The molecule has 0 saturated carbocycles. The van der Waals surface area contributed by atoms with Crippen molar-refractivity contribution in [2.45, 2.75) is 13.3 Å². The number of aryl methyl sites for hydroxylation is 1. The van der Waals surface area contributed by atoms with Crippen molar-refractivity contribution < 1.29 is 4.79 Å². The molecule has 2 rings (SSSR count). The number of carbonyl (C=O) groups excluding carboxylic acids is 1. The third kappa shape index (κ3) is 3.56. The number of rotatable bonds is 1. The Balaban J connectivity index is 0.00000162. The van der Waals surface area contributed by atoms with Crippen molar-refractivity contribution in [2.24, 2.45) is 0 Å². The quantitative estimate of drug-likeness (QED) is 0.807. The summed E-state index contributed by atoms with van der Waals surface area (Å²) in [5.74, 6) is 2.31. The molecule has 0 atom stereocenters. The molecule has 1 aromatic carbocycles. The number of hydrogen-bond acceptors (Lipinski definition) is 3. The van der Waals surface area contributed by atoms with Crippen molar-refractivity contribution in [3.63, 3.8) is 0 Å². The van der Waals surface area contributed by atoms with E-state index in [2.05, 4.69) is 0 Å². The van der Waals surface area contributed by atoms with Crippen molar-refractivity contribution >= 4 is 35.8 Å². The molecule has 1 aromatic rings. The van der Waals surface area contributed by atoms with Crippen molar-refractivity contribution in [3.8, 4) is 0 Å². The van der Waals surface area contributed by atoms with E-state index in [0.29, 0.717) is 5.69 Å². The second-order valence-corrected chi connectivity index (χ2v) is 5.56. The summed E-state index contributed by atoms with van der Waals surface area (Å²) in [5.41, 5.74) is 8.15. The van der Waals surface area contributed by atoms with Gasteiger partial charge in [-0.15, -0.1) is 12.4 Å². The van der Waals surface area contributed by atoms with Gasteiger partial charge in [-0.05, 0) is 36.8 Å². The van der Waals surface area contributed by atoms with Crippen LogP contribution in [0, 0.1) is 6.92 Å². The highest BCUT2D eigenvalue weighted by molar-refractivity contribution is 7.99. The van der Waals surface area contributed by atoms with Gasteiger partial charge in [-0.3, -0.25) is 4.79 Å². The van der Waals surface area contributed by atoms with E-state index in [9.17, 15) is 4.79 Å². The Kier molecular flexibility index (Phi) is 5.82. The number of hydrogen-bond donors (Lipinski definition) is 1. The number of amides is 1. The van der Waals surface area contributed by atoms with Crippen molar-refractivity contribution in [3.05, 3.63) is 29.3 Å². The van der Waals surface area contributed by atoms with E-state index in [4.69, 9.17) is 5.73 Å². The van der Waals surface area contributed by atoms with Gasteiger partial charge in [-0.1, -0.05) is 6.07 Å². The van der Waals surface area contributed by atoms with Crippen LogP contribution in [0.2, 0.25) is 0 Å². The van der Waals surface area contributed by atoms with E-state index in [1.165, 1.54) is 0 Å². The lowest BCUT2D eigenvalue weighted by Crippen LogP contribution is -2.33. The number of nitrogens with two attached hydrogens (primary N) is 1. The summed E-state index contributed by atoms with van der Waals surface area (Å²) in [5, 5.41) is 0. The summed E-state index contributed by atoms with van der Waals surface area (Å²) in [6.45, 7) is 3.66. The summed E-state index contributed by atoms with van der Waals surface area (Å²) in [6, 6.07) is 5.54. The highest BCUT2D eigenvalue weighted by Gasteiger charge is 2.18. The van der Waals surface area contributed by atoms with Gasteiger partial charge in [-0.25, -0.2) is 0 Å². The van der Waals surface area contributed by atoms with E-state index in [0.717, 1.165) is 42.1 Å². The maximum absolute atomic E-state index is 12.4. The van der Waals surface area contributed by atoms with Crippen LogP contribution in [0.3, 0.4) is 0 Å². The highest BCUT2D eigenvalue weighted by Crippen LogP contribution is 2.17. The van der Waals surface area contributed by atoms with Gasteiger partial charge in [0.15, 0.2) is 0 Å². The molecule has 0 radical (unpaired) electrons. The Morgan fingerprint density at radius 3 is 2.89 bits per heavy atom. The number of nitrogen functional groups attached to an aromatic ring is 1. The summed E-state index contributed by atoms with van der Waals surface area (Å²) in [4.78, 5) is 14.3. The maximum atomic E-state index is 12.4. The molecule has 1 fully saturated rings. The van der Waals surface area contributed by atoms with Crippen LogP contribution >= 0.6 is 24.2 Å². The second kappa shape index (κ2) is 6.90. The van der Waals surface area contributed by atoms with Crippen LogP contribution in [0.5, 0.6) is 0 Å². The molecule has 3 nitrogen and oxygen atoms in total. The molecule has 100 valence electrons. The van der Waals surface area contributed by atoms with Gasteiger partial charge >= 0.3 is 0 Å². The Bertz CT molecular complexity index is 417. The van der Waals surface area contributed by atoms with Crippen LogP contribution in [-0.2, 0) is 0 Å². The topological polar surface area (TPSA) is 46.3 Å². The van der Waals surface area contributed by atoms with Gasteiger partial charge in [0.2, 0.25) is 0 Å². The van der Waals surface area contributed by atoms with Crippen LogP contribution in [-0.4, -0.2) is 35.4 Å². The number of anilines is 1. The summed E-state index contributed by atoms with van der Waals surface area (Å²) < 4.78 is 0. The van der Waals surface area contributed by atoms with Gasteiger partial charge in [0.25, 0.3) is 5.91 Å². The van der Waals surface area contributed by atoms with Crippen LogP contribution in [0.25, 0.3) is 0 Å². The van der Waals surface area contributed by atoms with Gasteiger partial charge in [0, 0.05) is 30.1 Å². The Morgan fingerprint density at radius 2 is 2.11 bits per heavy atom. The van der Waals surface area contributed by atoms with E-state index in [1.807, 2.05) is 35.7 Å². The van der Waals surface area contributed by atoms with E-state index in [1.54, 1.807) is 6.07 Å². The first-order valence-corrected chi connectivity index (χ1v) is 7.07. The smallest absolute Gasteiger partial charge is 0.254 e. The monoisotopic (exact) mass is 286 g/mol. The average molecular weight is 287 g/mol. The molecular formula is C13H19ClN2OS. The third-order valence-electron chi connectivity index (χ3n) is 3.00. The van der Waals surface area contributed by atoms with Crippen molar-refractivity contribution in [1.29, 1.82) is 0 Å². The van der Waals surface area contributed by atoms with Gasteiger partial charge in [0.05, 0.1) is 0 Å². The molecule has 0 aliphatic carbocycles. The number of thioether (sulfide) groups is 1. The molecule has 0 spiro atoms. The molecule has 1 heterocycles. The molecule has 1 amide bonds. The molecular weight excluding hydrogens is 268 g/mol. The van der Waals surface area contributed by atoms with Crippen molar-refractivity contribution in [1.82, 2.24) is 4.90 Å². The molecule has 18 heavy (non-hydrogen) atoms. The minimum atomic E-state index is 0. The molecule has 1 saturated heterocycles. The zero-order valence-corrected chi connectivity index (χ0v) is 12.1. The van der Waals surface area contributed by atoms with E-state index < -0.39 is 0 Å². The van der Waals surface area contributed by atoms with Crippen molar-refractivity contribution in [2.75, 3.05) is 30.3 Å². The molecule has 1 aliphatic heterocycles. The summed E-state index contributed by atoms with van der Waals surface area (Å²) in [6.07, 6.45) is 1.08. The summed E-state index contributed by atoms with van der Waals surface area (Å²) >= 11 is 1.92. The number of nitrogens with zero attached hydrogens (tertiary/aromatic N) is 1.